The number of rotatable bonds is 6. The summed E-state index contributed by atoms with van der Waals surface area (Å²) in [6.07, 6.45) is -0.0219. The van der Waals surface area contributed by atoms with Gasteiger partial charge in [-0.2, -0.15) is 4.31 Å². The maximum Gasteiger partial charge on any atom is 0.263 e. The molecule has 0 saturated carbocycles. The molecule has 0 N–H and O–H groups in total. The van der Waals surface area contributed by atoms with Crippen LogP contribution >= 0.6 is 0 Å². The van der Waals surface area contributed by atoms with Crippen molar-refractivity contribution >= 4 is 15.9 Å². The van der Waals surface area contributed by atoms with Crippen LogP contribution in [-0.2, 0) is 14.8 Å². The Bertz CT molecular complexity index is 949. The molecular formula is C22H28N2O4S. The second kappa shape index (κ2) is 8.97. The topological polar surface area (TPSA) is 66.9 Å². The molecule has 0 radical (unpaired) electrons. The Morgan fingerprint density at radius 2 is 1.66 bits per heavy atom. The van der Waals surface area contributed by atoms with Crippen LogP contribution in [0.4, 0.5) is 0 Å². The van der Waals surface area contributed by atoms with Crippen molar-refractivity contribution < 1.29 is 17.9 Å². The lowest BCUT2D eigenvalue weighted by Gasteiger charge is -2.35. The van der Waals surface area contributed by atoms with Gasteiger partial charge in [-0.3, -0.25) is 4.79 Å². The molecule has 1 aliphatic rings. The molecule has 0 aliphatic carbocycles. The van der Waals surface area contributed by atoms with E-state index in [0.29, 0.717) is 25.3 Å². The molecule has 1 heterocycles. The van der Waals surface area contributed by atoms with Crippen molar-refractivity contribution in [3.05, 3.63) is 59.7 Å². The molecular weight excluding hydrogens is 388 g/mol. The van der Waals surface area contributed by atoms with Crippen molar-refractivity contribution in [3.8, 4) is 5.75 Å². The first-order valence-corrected chi connectivity index (χ1v) is 11.3. The van der Waals surface area contributed by atoms with E-state index in [1.54, 1.807) is 29.2 Å². The first-order chi connectivity index (χ1) is 13.8. The van der Waals surface area contributed by atoms with E-state index in [2.05, 4.69) is 0 Å². The van der Waals surface area contributed by atoms with E-state index >= 15 is 0 Å². The summed E-state index contributed by atoms with van der Waals surface area (Å²) in [6.45, 7) is 7.09. The van der Waals surface area contributed by atoms with Gasteiger partial charge in [-0.1, -0.05) is 36.8 Å². The predicted octanol–water partition coefficient (Wildman–Crippen LogP) is 2.99. The molecule has 0 aromatic heterocycles. The third kappa shape index (κ3) is 4.97. The Hall–Kier alpha value is -2.38. The fourth-order valence-corrected chi connectivity index (χ4v) is 4.80. The number of ether oxygens (including phenoxy) is 1. The molecule has 1 saturated heterocycles. The highest BCUT2D eigenvalue weighted by Crippen LogP contribution is 2.20. The number of carbonyl (C=O) groups is 1. The number of carbonyl (C=O) groups excluding carboxylic acids is 1. The fraction of sp³-hybridized carbons (Fsp3) is 0.409. The molecule has 1 aliphatic heterocycles. The van der Waals surface area contributed by atoms with Crippen LogP contribution in [0.1, 0.15) is 24.5 Å². The standard InChI is InChI=1S/C22H28N2O4S/c1-4-21(28-19-7-5-6-18(3)16-19)22(25)23-12-14-24(15-13-23)29(26,27)20-10-8-17(2)9-11-20/h5-11,16,21H,4,12-15H2,1-3H3/t21-/m0/s1. The predicted molar refractivity (Wildman–Crippen MR) is 112 cm³/mol. The van der Waals surface area contributed by atoms with Gasteiger partial charge >= 0.3 is 0 Å². The maximum atomic E-state index is 12.9. The Balaban J connectivity index is 1.63. The van der Waals surface area contributed by atoms with Gasteiger partial charge in [0.25, 0.3) is 5.91 Å². The molecule has 1 atom stereocenters. The Kier molecular flexibility index (Phi) is 6.59. The zero-order chi connectivity index (χ0) is 21.0. The molecule has 29 heavy (non-hydrogen) atoms. The Labute approximate surface area is 173 Å². The van der Waals surface area contributed by atoms with Crippen LogP contribution in [0.3, 0.4) is 0 Å². The van der Waals surface area contributed by atoms with E-state index in [4.69, 9.17) is 4.74 Å². The van der Waals surface area contributed by atoms with Crippen molar-refractivity contribution in [2.75, 3.05) is 26.2 Å². The van der Waals surface area contributed by atoms with E-state index in [1.165, 1.54) is 4.31 Å². The van der Waals surface area contributed by atoms with Crippen LogP contribution in [0.15, 0.2) is 53.4 Å². The van der Waals surface area contributed by atoms with Gasteiger partial charge in [-0.25, -0.2) is 8.42 Å². The van der Waals surface area contributed by atoms with Gasteiger partial charge in [-0.05, 0) is 50.1 Å². The van der Waals surface area contributed by atoms with Crippen LogP contribution in [-0.4, -0.2) is 55.8 Å². The average molecular weight is 417 g/mol. The van der Waals surface area contributed by atoms with Crippen molar-refractivity contribution in [2.45, 2.75) is 38.2 Å². The molecule has 2 aromatic carbocycles. The average Bonchev–Trinajstić information content (AvgIpc) is 2.72. The molecule has 2 aromatic rings. The first-order valence-electron chi connectivity index (χ1n) is 9.90. The molecule has 0 bridgehead atoms. The number of benzene rings is 2. The summed E-state index contributed by atoms with van der Waals surface area (Å²) in [5.74, 6) is 0.576. The first kappa shape index (κ1) is 21.3. The Morgan fingerprint density at radius 1 is 1.00 bits per heavy atom. The number of amides is 1. The molecule has 6 nitrogen and oxygen atoms in total. The number of piperazine rings is 1. The number of hydrogen-bond acceptors (Lipinski definition) is 4. The van der Waals surface area contributed by atoms with Gasteiger partial charge < -0.3 is 9.64 Å². The minimum Gasteiger partial charge on any atom is -0.481 e. The minimum atomic E-state index is -3.54. The highest BCUT2D eigenvalue weighted by atomic mass is 32.2. The van der Waals surface area contributed by atoms with Crippen molar-refractivity contribution in [1.29, 1.82) is 0 Å². The largest absolute Gasteiger partial charge is 0.481 e. The van der Waals surface area contributed by atoms with E-state index < -0.39 is 16.1 Å². The lowest BCUT2D eigenvalue weighted by atomic mass is 10.2. The van der Waals surface area contributed by atoms with Crippen LogP contribution in [0.5, 0.6) is 5.75 Å². The molecule has 1 amide bonds. The monoisotopic (exact) mass is 416 g/mol. The van der Waals surface area contributed by atoms with E-state index in [9.17, 15) is 13.2 Å². The second-order valence-corrected chi connectivity index (χ2v) is 9.31. The number of aryl methyl sites for hydroxylation is 2. The van der Waals surface area contributed by atoms with E-state index in [-0.39, 0.29) is 23.9 Å². The van der Waals surface area contributed by atoms with Crippen molar-refractivity contribution in [3.63, 3.8) is 0 Å². The molecule has 7 heteroatoms. The zero-order valence-electron chi connectivity index (χ0n) is 17.2. The molecule has 156 valence electrons. The van der Waals surface area contributed by atoms with Crippen molar-refractivity contribution in [1.82, 2.24) is 9.21 Å². The van der Waals surface area contributed by atoms with E-state index in [1.807, 2.05) is 45.0 Å². The van der Waals surface area contributed by atoms with Crippen LogP contribution in [0.2, 0.25) is 0 Å². The summed E-state index contributed by atoms with van der Waals surface area (Å²) in [5.41, 5.74) is 2.08. The Morgan fingerprint density at radius 3 is 2.24 bits per heavy atom. The zero-order valence-corrected chi connectivity index (χ0v) is 18.0. The smallest absolute Gasteiger partial charge is 0.263 e. The highest BCUT2D eigenvalue weighted by Gasteiger charge is 2.32. The second-order valence-electron chi connectivity index (χ2n) is 7.37. The lowest BCUT2D eigenvalue weighted by Crippen LogP contribution is -2.53. The summed E-state index contributed by atoms with van der Waals surface area (Å²) in [7, 11) is -3.54. The molecule has 3 rings (SSSR count). The van der Waals surface area contributed by atoms with Gasteiger partial charge in [0, 0.05) is 26.2 Å². The summed E-state index contributed by atoms with van der Waals surface area (Å²) in [6, 6.07) is 14.5. The van der Waals surface area contributed by atoms with Crippen molar-refractivity contribution in [2.24, 2.45) is 0 Å². The summed E-state index contributed by atoms with van der Waals surface area (Å²) in [5, 5.41) is 0. The number of sulfonamides is 1. The summed E-state index contributed by atoms with van der Waals surface area (Å²) >= 11 is 0. The fourth-order valence-electron chi connectivity index (χ4n) is 3.37. The summed E-state index contributed by atoms with van der Waals surface area (Å²) < 4.78 is 33.0. The third-order valence-corrected chi connectivity index (χ3v) is 7.04. The maximum absolute atomic E-state index is 12.9. The van der Waals surface area contributed by atoms with Crippen LogP contribution in [0, 0.1) is 13.8 Å². The van der Waals surface area contributed by atoms with Gasteiger partial charge in [0.15, 0.2) is 6.10 Å². The number of hydrogen-bond donors (Lipinski definition) is 0. The van der Waals surface area contributed by atoms with Gasteiger partial charge in [0.1, 0.15) is 5.75 Å². The molecule has 0 spiro atoms. The van der Waals surface area contributed by atoms with E-state index in [0.717, 1.165) is 11.1 Å². The van der Waals surface area contributed by atoms with Gasteiger partial charge in [-0.15, -0.1) is 0 Å². The normalized spacial score (nSPS) is 16.4. The van der Waals surface area contributed by atoms with Crippen LogP contribution in [0.25, 0.3) is 0 Å². The van der Waals surface area contributed by atoms with Gasteiger partial charge in [0.2, 0.25) is 10.0 Å². The minimum absolute atomic E-state index is 0.0959. The number of nitrogens with zero attached hydrogens (tertiary/aromatic N) is 2. The molecule has 0 unspecified atom stereocenters. The lowest BCUT2D eigenvalue weighted by molar-refractivity contribution is -0.140. The molecule has 1 fully saturated rings. The quantitative estimate of drug-likeness (QED) is 0.726. The third-order valence-electron chi connectivity index (χ3n) is 5.12. The summed E-state index contributed by atoms with van der Waals surface area (Å²) in [4.78, 5) is 14.9. The SMILES string of the molecule is CC[C@H](Oc1cccc(C)c1)C(=O)N1CCN(S(=O)(=O)c2ccc(C)cc2)CC1. The highest BCUT2D eigenvalue weighted by molar-refractivity contribution is 7.89. The van der Waals surface area contributed by atoms with Gasteiger partial charge in [0.05, 0.1) is 4.90 Å². The van der Waals surface area contributed by atoms with Crippen LogP contribution < -0.4 is 4.74 Å².